The Morgan fingerprint density at radius 2 is 1.79 bits per heavy atom. The Labute approximate surface area is 139 Å². The van der Waals surface area contributed by atoms with Gasteiger partial charge in [0, 0.05) is 5.69 Å². The van der Waals surface area contributed by atoms with Gasteiger partial charge < -0.3 is 10.1 Å². The molecule has 6 heteroatoms. The molecule has 0 saturated carbocycles. The Bertz CT molecular complexity index is 744. The van der Waals surface area contributed by atoms with Crippen LogP contribution < -0.4 is 15.0 Å². The Kier molecular flexibility index (Phi) is 4.46. The molecule has 0 bridgehead atoms. The van der Waals surface area contributed by atoms with E-state index < -0.39 is 11.9 Å². The number of hydrogen-bond acceptors (Lipinski definition) is 4. The number of rotatable bonds is 5. The lowest BCUT2D eigenvalue weighted by molar-refractivity contribution is -0.121. The van der Waals surface area contributed by atoms with Crippen LogP contribution >= 0.6 is 0 Å². The van der Waals surface area contributed by atoms with Crippen molar-refractivity contribution < 1.29 is 18.7 Å². The Balaban J connectivity index is 1.72. The zero-order valence-electron chi connectivity index (χ0n) is 13.2. The van der Waals surface area contributed by atoms with Crippen LogP contribution in [0.3, 0.4) is 0 Å². The normalized spacial score (nSPS) is 17.2. The Morgan fingerprint density at radius 3 is 2.42 bits per heavy atom. The van der Waals surface area contributed by atoms with Crippen LogP contribution in [0.5, 0.6) is 5.75 Å². The zero-order valence-corrected chi connectivity index (χ0v) is 13.2. The van der Waals surface area contributed by atoms with E-state index in [0.717, 1.165) is 16.3 Å². The van der Waals surface area contributed by atoms with Crippen LogP contribution in [-0.2, 0) is 9.59 Å². The van der Waals surface area contributed by atoms with E-state index in [2.05, 4.69) is 5.32 Å². The van der Waals surface area contributed by atoms with Gasteiger partial charge in [0.1, 0.15) is 17.6 Å². The predicted octanol–water partition coefficient (Wildman–Crippen LogP) is 2.97. The molecule has 1 N–H and O–H groups in total. The number of ether oxygens (including phenoxy) is 1. The molecule has 0 spiro atoms. The molecule has 2 amide bonds. The van der Waals surface area contributed by atoms with Crippen molar-refractivity contribution in [2.24, 2.45) is 0 Å². The number of imide groups is 1. The zero-order chi connectivity index (χ0) is 17.1. The van der Waals surface area contributed by atoms with Crippen LogP contribution in [0.1, 0.15) is 13.3 Å². The molecule has 1 saturated heterocycles. The minimum atomic E-state index is -0.638. The van der Waals surface area contributed by atoms with Crippen molar-refractivity contribution in [2.45, 2.75) is 19.4 Å². The highest BCUT2D eigenvalue weighted by Gasteiger charge is 2.39. The van der Waals surface area contributed by atoms with Crippen molar-refractivity contribution >= 4 is 23.2 Å². The molecule has 1 aliphatic heterocycles. The fourth-order valence-electron chi connectivity index (χ4n) is 2.62. The van der Waals surface area contributed by atoms with Crippen LogP contribution in [0.2, 0.25) is 0 Å². The molecule has 1 fully saturated rings. The van der Waals surface area contributed by atoms with Crippen molar-refractivity contribution in [1.29, 1.82) is 0 Å². The van der Waals surface area contributed by atoms with Gasteiger partial charge in [0.2, 0.25) is 5.91 Å². The minimum Gasteiger partial charge on any atom is -0.494 e. The van der Waals surface area contributed by atoms with Gasteiger partial charge >= 0.3 is 0 Å². The van der Waals surface area contributed by atoms with Crippen LogP contribution in [0, 0.1) is 5.82 Å². The second-order valence-corrected chi connectivity index (χ2v) is 5.40. The Morgan fingerprint density at radius 1 is 1.12 bits per heavy atom. The fraction of sp³-hybridized carbons (Fsp3) is 0.222. The van der Waals surface area contributed by atoms with Crippen molar-refractivity contribution in [3.63, 3.8) is 0 Å². The average Bonchev–Trinajstić information content (AvgIpc) is 2.85. The largest absolute Gasteiger partial charge is 0.494 e. The van der Waals surface area contributed by atoms with Gasteiger partial charge in [0.05, 0.1) is 18.7 Å². The number of nitrogens with one attached hydrogen (secondary N) is 1. The highest BCUT2D eigenvalue weighted by atomic mass is 19.1. The second-order valence-electron chi connectivity index (χ2n) is 5.40. The van der Waals surface area contributed by atoms with E-state index in [-0.39, 0.29) is 18.2 Å². The quantitative estimate of drug-likeness (QED) is 0.857. The summed E-state index contributed by atoms with van der Waals surface area (Å²) < 4.78 is 18.4. The summed E-state index contributed by atoms with van der Waals surface area (Å²) in [6.07, 6.45) is 0.0589. The summed E-state index contributed by atoms with van der Waals surface area (Å²) in [6, 6.07) is 11.8. The summed E-state index contributed by atoms with van der Waals surface area (Å²) >= 11 is 0. The molecule has 0 aromatic heterocycles. The number of anilines is 2. The minimum absolute atomic E-state index is 0.0589. The topological polar surface area (TPSA) is 58.6 Å². The molecule has 0 aliphatic carbocycles. The summed E-state index contributed by atoms with van der Waals surface area (Å²) in [4.78, 5) is 25.7. The molecule has 0 radical (unpaired) electrons. The number of hydrogen-bond donors (Lipinski definition) is 1. The van der Waals surface area contributed by atoms with Crippen molar-refractivity contribution in [1.82, 2.24) is 0 Å². The number of benzene rings is 2. The van der Waals surface area contributed by atoms with E-state index in [0.29, 0.717) is 12.3 Å². The Hall–Kier alpha value is -2.89. The monoisotopic (exact) mass is 328 g/mol. The first-order valence-electron chi connectivity index (χ1n) is 7.70. The predicted molar refractivity (Wildman–Crippen MR) is 88.5 cm³/mol. The summed E-state index contributed by atoms with van der Waals surface area (Å²) in [5.41, 5.74) is 1.10. The molecule has 124 valence electrons. The van der Waals surface area contributed by atoms with Crippen LogP contribution in [0.15, 0.2) is 48.5 Å². The third kappa shape index (κ3) is 3.22. The highest BCUT2D eigenvalue weighted by Crippen LogP contribution is 2.25. The molecule has 1 unspecified atom stereocenters. The summed E-state index contributed by atoms with van der Waals surface area (Å²) in [5, 5.41) is 3.06. The lowest BCUT2D eigenvalue weighted by Crippen LogP contribution is -2.34. The third-order valence-corrected chi connectivity index (χ3v) is 3.74. The van der Waals surface area contributed by atoms with Gasteiger partial charge in [0.15, 0.2) is 0 Å². The molecule has 24 heavy (non-hydrogen) atoms. The molecular weight excluding hydrogens is 311 g/mol. The van der Waals surface area contributed by atoms with E-state index in [4.69, 9.17) is 4.74 Å². The summed E-state index contributed by atoms with van der Waals surface area (Å²) in [5.74, 6) is -0.331. The van der Waals surface area contributed by atoms with Gasteiger partial charge in [-0.05, 0) is 55.5 Å². The molecule has 2 aromatic rings. The molecular formula is C18H17FN2O3. The lowest BCUT2D eigenvalue weighted by atomic mass is 10.2. The molecule has 1 aliphatic rings. The standard InChI is InChI=1S/C18H17FN2O3/c1-2-24-15-9-5-13(6-10-15)20-16-11-17(22)21(18(16)23)14-7-3-12(19)4-8-14/h3-10,16,20H,2,11H2,1H3. The number of nitrogens with zero attached hydrogens (tertiary/aromatic N) is 1. The first-order chi connectivity index (χ1) is 11.6. The molecule has 5 nitrogen and oxygen atoms in total. The SMILES string of the molecule is CCOc1ccc(NC2CC(=O)N(c3ccc(F)cc3)C2=O)cc1. The molecule has 3 rings (SSSR count). The maximum Gasteiger partial charge on any atom is 0.256 e. The third-order valence-electron chi connectivity index (χ3n) is 3.74. The molecule has 2 aromatic carbocycles. The van der Waals surface area contributed by atoms with Gasteiger partial charge in [-0.2, -0.15) is 0 Å². The second kappa shape index (κ2) is 6.70. The van der Waals surface area contributed by atoms with Crippen molar-refractivity contribution in [3.8, 4) is 5.75 Å². The summed E-state index contributed by atoms with van der Waals surface area (Å²) in [7, 11) is 0. The van der Waals surface area contributed by atoms with Gasteiger partial charge in [-0.1, -0.05) is 0 Å². The van der Waals surface area contributed by atoms with Crippen LogP contribution in [-0.4, -0.2) is 24.5 Å². The van der Waals surface area contributed by atoms with Gasteiger partial charge in [0.25, 0.3) is 5.91 Å². The van der Waals surface area contributed by atoms with Gasteiger partial charge in [-0.15, -0.1) is 0 Å². The maximum atomic E-state index is 13.0. The summed E-state index contributed by atoms with van der Waals surface area (Å²) in [6.45, 7) is 2.48. The van der Waals surface area contributed by atoms with Crippen molar-refractivity contribution in [2.75, 3.05) is 16.8 Å². The first-order valence-corrected chi connectivity index (χ1v) is 7.70. The lowest BCUT2D eigenvalue weighted by Gasteiger charge is -2.16. The molecule has 1 heterocycles. The van der Waals surface area contributed by atoms with E-state index >= 15 is 0 Å². The van der Waals surface area contributed by atoms with E-state index in [1.54, 1.807) is 24.3 Å². The first kappa shape index (κ1) is 16.0. The maximum absolute atomic E-state index is 13.0. The number of carbonyl (C=O) groups is 2. The van der Waals surface area contributed by atoms with Crippen LogP contribution in [0.25, 0.3) is 0 Å². The smallest absolute Gasteiger partial charge is 0.256 e. The van der Waals surface area contributed by atoms with Crippen molar-refractivity contribution in [3.05, 3.63) is 54.3 Å². The number of amides is 2. The van der Waals surface area contributed by atoms with Crippen LogP contribution in [0.4, 0.5) is 15.8 Å². The van der Waals surface area contributed by atoms with E-state index in [1.807, 2.05) is 6.92 Å². The number of halogens is 1. The van der Waals surface area contributed by atoms with Gasteiger partial charge in [-0.25, -0.2) is 9.29 Å². The average molecular weight is 328 g/mol. The van der Waals surface area contributed by atoms with E-state index in [1.165, 1.54) is 24.3 Å². The number of carbonyl (C=O) groups excluding carboxylic acids is 2. The van der Waals surface area contributed by atoms with Gasteiger partial charge in [-0.3, -0.25) is 9.59 Å². The fourth-order valence-corrected chi connectivity index (χ4v) is 2.62. The molecule has 1 atom stereocenters. The highest BCUT2D eigenvalue weighted by molar-refractivity contribution is 6.23. The van der Waals surface area contributed by atoms with E-state index in [9.17, 15) is 14.0 Å².